The highest BCUT2D eigenvalue weighted by molar-refractivity contribution is 5.66. The lowest BCUT2D eigenvalue weighted by Crippen LogP contribution is -2.54. The van der Waals surface area contributed by atoms with E-state index in [1.807, 2.05) is 12.3 Å². The molecule has 4 nitrogen and oxygen atoms in total. The van der Waals surface area contributed by atoms with Crippen LogP contribution in [0.2, 0.25) is 0 Å². The largest absolute Gasteiger partial charge is 0.465 e. The topological polar surface area (TPSA) is 48.4 Å². The molecule has 1 aliphatic heterocycles. The fourth-order valence-electron chi connectivity index (χ4n) is 4.34. The molecule has 1 fully saturated rings. The summed E-state index contributed by atoms with van der Waals surface area (Å²) in [7, 11) is 0. The fraction of sp³-hybridized carbons (Fsp3) is 0.579. The first-order valence-corrected chi connectivity index (χ1v) is 8.29. The van der Waals surface area contributed by atoms with Gasteiger partial charge in [-0.3, -0.25) is 9.78 Å². The van der Waals surface area contributed by atoms with Crippen LogP contribution in [0.4, 0.5) is 0 Å². The zero-order chi connectivity index (χ0) is 16.6. The first-order valence-electron chi connectivity index (χ1n) is 8.29. The van der Waals surface area contributed by atoms with Gasteiger partial charge in [0.05, 0.1) is 19.3 Å². The van der Waals surface area contributed by atoms with Crippen molar-refractivity contribution in [3.05, 3.63) is 41.7 Å². The van der Waals surface area contributed by atoms with E-state index in [1.165, 1.54) is 12.5 Å². The average Bonchev–Trinajstić information content (AvgIpc) is 2.52. The molecule has 23 heavy (non-hydrogen) atoms. The molecule has 5 atom stereocenters. The summed E-state index contributed by atoms with van der Waals surface area (Å²) in [5, 5.41) is 0. The second-order valence-corrected chi connectivity index (χ2v) is 7.05. The number of carbonyl (C=O) groups excluding carboxylic acids is 1. The Hall–Kier alpha value is -1.68. The predicted molar refractivity (Wildman–Crippen MR) is 87.6 cm³/mol. The van der Waals surface area contributed by atoms with E-state index < -0.39 is 0 Å². The number of allylic oxidation sites excluding steroid dienone is 1. The van der Waals surface area contributed by atoms with E-state index in [1.54, 1.807) is 6.20 Å². The van der Waals surface area contributed by atoms with Crippen LogP contribution >= 0.6 is 0 Å². The molecule has 2 heterocycles. The maximum Gasteiger partial charge on any atom is 0.302 e. The van der Waals surface area contributed by atoms with E-state index in [0.717, 1.165) is 5.56 Å². The number of fused-ring (bicyclic) bond motifs is 2. The Bertz CT molecular complexity index is 612. The average molecular weight is 315 g/mol. The second kappa shape index (κ2) is 6.08. The highest BCUT2D eigenvalue weighted by Gasteiger charge is 2.54. The number of rotatable bonds is 3. The van der Waals surface area contributed by atoms with Gasteiger partial charge in [0, 0.05) is 30.7 Å². The smallest absolute Gasteiger partial charge is 0.302 e. The summed E-state index contributed by atoms with van der Waals surface area (Å²) in [5.74, 6) is 0.763. The molecule has 0 N–H and O–H groups in total. The number of hydrogen-bond acceptors (Lipinski definition) is 4. The first kappa shape index (κ1) is 16.2. The lowest BCUT2D eigenvalue weighted by molar-refractivity contribution is -0.180. The van der Waals surface area contributed by atoms with E-state index in [0.29, 0.717) is 31.0 Å². The van der Waals surface area contributed by atoms with Crippen LogP contribution in [-0.4, -0.2) is 24.2 Å². The Morgan fingerprint density at radius 3 is 2.91 bits per heavy atom. The van der Waals surface area contributed by atoms with Crippen molar-refractivity contribution in [2.75, 3.05) is 13.2 Å². The Kier molecular flexibility index (Phi) is 4.28. The molecule has 1 aromatic rings. The maximum absolute atomic E-state index is 11.3. The van der Waals surface area contributed by atoms with Gasteiger partial charge in [0.2, 0.25) is 0 Å². The molecule has 124 valence electrons. The number of ether oxygens (including phenoxy) is 2. The van der Waals surface area contributed by atoms with Gasteiger partial charge < -0.3 is 9.47 Å². The van der Waals surface area contributed by atoms with Crippen LogP contribution in [0.3, 0.4) is 0 Å². The van der Waals surface area contributed by atoms with Crippen molar-refractivity contribution in [1.82, 2.24) is 4.98 Å². The molecule has 4 heteroatoms. The van der Waals surface area contributed by atoms with E-state index in [4.69, 9.17) is 9.47 Å². The maximum atomic E-state index is 11.3. The lowest BCUT2D eigenvalue weighted by Gasteiger charge is -2.55. The van der Waals surface area contributed by atoms with E-state index in [9.17, 15) is 4.79 Å². The Morgan fingerprint density at radius 1 is 1.48 bits per heavy atom. The number of nitrogens with zero attached hydrogens (tertiary/aromatic N) is 1. The molecule has 0 radical (unpaired) electrons. The van der Waals surface area contributed by atoms with Crippen molar-refractivity contribution >= 4 is 5.97 Å². The van der Waals surface area contributed by atoms with Crippen LogP contribution in [0.1, 0.15) is 39.4 Å². The third kappa shape index (κ3) is 2.69. The Morgan fingerprint density at radius 2 is 2.26 bits per heavy atom. The summed E-state index contributed by atoms with van der Waals surface area (Å²) in [6, 6.07) is 4.03. The third-order valence-corrected chi connectivity index (χ3v) is 5.81. The zero-order valence-electron chi connectivity index (χ0n) is 14.3. The molecule has 0 spiro atoms. The molecular formula is C19H25NO3. The SMILES string of the molecule is CC(=O)OCC12COC(c3cccnc3)C(C(C)=CC1C)C2C. The quantitative estimate of drug-likeness (QED) is 0.632. The molecule has 1 aliphatic carbocycles. The number of esters is 1. The highest BCUT2D eigenvalue weighted by atomic mass is 16.5. The molecule has 2 aliphatic rings. The monoisotopic (exact) mass is 315 g/mol. The van der Waals surface area contributed by atoms with Gasteiger partial charge in [0.25, 0.3) is 0 Å². The van der Waals surface area contributed by atoms with Gasteiger partial charge >= 0.3 is 5.97 Å². The summed E-state index contributed by atoms with van der Waals surface area (Å²) in [6.07, 6.45) is 6.03. The Balaban J connectivity index is 1.95. The highest BCUT2D eigenvalue weighted by Crippen LogP contribution is 2.56. The summed E-state index contributed by atoms with van der Waals surface area (Å²) in [4.78, 5) is 15.6. The lowest BCUT2D eigenvalue weighted by atomic mass is 9.56. The normalized spacial score (nSPS) is 36.3. The van der Waals surface area contributed by atoms with Crippen LogP contribution in [0, 0.1) is 23.2 Å². The van der Waals surface area contributed by atoms with Crippen LogP contribution in [-0.2, 0) is 14.3 Å². The molecule has 0 saturated carbocycles. The molecule has 1 aromatic heterocycles. The van der Waals surface area contributed by atoms with Crippen LogP contribution in [0.25, 0.3) is 0 Å². The fourth-order valence-corrected chi connectivity index (χ4v) is 4.34. The van der Waals surface area contributed by atoms with E-state index in [-0.39, 0.29) is 17.5 Å². The minimum Gasteiger partial charge on any atom is -0.465 e. The first-order chi connectivity index (χ1) is 11.0. The summed E-state index contributed by atoms with van der Waals surface area (Å²) >= 11 is 0. The van der Waals surface area contributed by atoms with Crippen molar-refractivity contribution < 1.29 is 14.3 Å². The summed E-state index contributed by atoms with van der Waals surface area (Å²) in [6.45, 7) is 9.15. The van der Waals surface area contributed by atoms with Crippen molar-refractivity contribution in [2.45, 2.75) is 33.8 Å². The van der Waals surface area contributed by atoms with Gasteiger partial charge in [0.15, 0.2) is 0 Å². The van der Waals surface area contributed by atoms with Crippen molar-refractivity contribution in [3.63, 3.8) is 0 Å². The molecule has 5 unspecified atom stereocenters. The van der Waals surface area contributed by atoms with Crippen LogP contribution in [0.5, 0.6) is 0 Å². The zero-order valence-corrected chi connectivity index (χ0v) is 14.3. The number of hydrogen-bond donors (Lipinski definition) is 0. The third-order valence-electron chi connectivity index (χ3n) is 5.81. The van der Waals surface area contributed by atoms with Gasteiger partial charge in [-0.2, -0.15) is 0 Å². The molecular weight excluding hydrogens is 290 g/mol. The second-order valence-electron chi connectivity index (χ2n) is 7.05. The van der Waals surface area contributed by atoms with Gasteiger partial charge in [-0.15, -0.1) is 0 Å². The Labute approximate surface area is 137 Å². The van der Waals surface area contributed by atoms with Crippen molar-refractivity contribution in [1.29, 1.82) is 0 Å². The molecule has 3 rings (SSSR count). The number of aromatic nitrogens is 1. The van der Waals surface area contributed by atoms with E-state index in [2.05, 4.69) is 37.9 Å². The molecule has 0 amide bonds. The molecule has 0 aromatic carbocycles. The summed E-state index contributed by atoms with van der Waals surface area (Å²) in [5.41, 5.74) is 2.33. The van der Waals surface area contributed by atoms with Crippen molar-refractivity contribution in [3.8, 4) is 0 Å². The number of pyridine rings is 1. The van der Waals surface area contributed by atoms with Crippen LogP contribution < -0.4 is 0 Å². The minimum absolute atomic E-state index is 0.0212. The standard InChI is InChI=1S/C19H25NO3/c1-12-8-13(2)19(10-22-15(4)21)11-23-18(17(12)14(19)3)16-6-5-7-20-9-16/h5-9,13-14,17-18H,10-11H2,1-4H3. The van der Waals surface area contributed by atoms with Crippen LogP contribution in [0.15, 0.2) is 36.2 Å². The molecule has 2 bridgehead atoms. The predicted octanol–water partition coefficient (Wildman–Crippen LogP) is 3.55. The minimum atomic E-state index is -0.226. The van der Waals surface area contributed by atoms with E-state index >= 15 is 0 Å². The van der Waals surface area contributed by atoms with Gasteiger partial charge in [-0.05, 0) is 30.4 Å². The number of carbonyl (C=O) groups is 1. The van der Waals surface area contributed by atoms with Gasteiger partial charge in [0.1, 0.15) is 0 Å². The van der Waals surface area contributed by atoms with Gasteiger partial charge in [-0.1, -0.05) is 31.6 Å². The van der Waals surface area contributed by atoms with Crippen molar-refractivity contribution in [2.24, 2.45) is 23.2 Å². The summed E-state index contributed by atoms with van der Waals surface area (Å²) < 4.78 is 11.7. The van der Waals surface area contributed by atoms with Gasteiger partial charge in [-0.25, -0.2) is 0 Å². The molecule has 1 saturated heterocycles.